The summed E-state index contributed by atoms with van der Waals surface area (Å²) < 4.78 is 10.1. The van der Waals surface area contributed by atoms with Crippen LogP contribution in [0.3, 0.4) is 0 Å². The molecule has 6 heteroatoms. The van der Waals surface area contributed by atoms with Crippen molar-refractivity contribution < 1.29 is 19.4 Å². The first-order valence-corrected chi connectivity index (χ1v) is 10.00. The van der Waals surface area contributed by atoms with Crippen LogP contribution in [0.5, 0.6) is 11.5 Å². The number of aromatic hydroxyl groups is 1. The second-order valence-corrected chi connectivity index (χ2v) is 7.70. The molecular formula is C21H32N2O4. The van der Waals surface area contributed by atoms with Gasteiger partial charge in [0.1, 0.15) is 11.5 Å². The summed E-state index contributed by atoms with van der Waals surface area (Å²) in [4.78, 5) is 16.7. The highest BCUT2D eigenvalue weighted by atomic mass is 16.5. The number of ether oxygens (including phenoxy) is 2. The number of nitrogens with zero attached hydrogens (tertiary/aromatic N) is 2. The summed E-state index contributed by atoms with van der Waals surface area (Å²) in [6.45, 7) is 5.00. The van der Waals surface area contributed by atoms with Crippen molar-refractivity contribution in [1.82, 2.24) is 9.80 Å². The molecule has 0 spiro atoms. The van der Waals surface area contributed by atoms with E-state index in [9.17, 15) is 9.90 Å². The van der Waals surface area contributed by atoms with E-state index in [1.807, 2.05) is 6.07 Å². The second kappa shape index (κ2) is 9.42. The van der Waals surface area contributed by atoms with Gasteiger partial charge in [-0.3, -0.25) is 9.69 Å². The molecule has 6 nitrogen and oxygen atoms in total. The van der Waals surface area contributed by atoms with Crippen LogP contribution in [0, 0.1) is 5.92 Å². The molecule has 0 radical (unpaired) electrons. The molecular weight excluding hydrogens is 344 g/mol. The Balaban J connectivity index is 1.66. The minimum absolute atomic E-state index is 0.127. The van der Waals surface area contributed by atoms with Crippen LogP contribution >= 0.6 is 0 Å². The van der Waals surface area contributed by atoms with Gasteiger partial charge in [0.25, 0.3) is 0 Å². The van der Waals surface area contributed by atoms with Crippen molar-refractivity contribution in [3.05, 3.63) is 23.8 Å². The van der Waals surface area contributed by atoms with Crippen molar-refractivity contribution in [2.45, 2.75) is 44.7 Å². The number of esters is 1. The number of phenolic OH excluding ortho intramolecular Hbond substituents is 1. The number of methoxy groups -OCH3 is 2. The molecule has 1 N–H and O–H groups in total. The highest BCUT2D eigenvalue weighted by Gasteiger charge is 2.34. The highest BCUT2D eigenvalue weighted by molar-refractivity contribution is 5.69. The van der Waals surface area contributed by atoms with Gasteiger partial charge < -0.3 is 19.5 Å². The van der Waals surface area contributed by atoms with Crippen molar-refractivity contribution in [3.8, 4) is 11.5 Å². The minimum atomic E-state index is -0.127. The summed E-state index contributed by atoms with van der Waals surface area (Å²) in [6, 6.07) is 5.93. The van der Waals surface area contributed by atoms with Gasteiger partial charge >= 0.3 is 5.97 Å². The fourth-order valence-corrected chi connectivity index (χ4v) is 4.54. The summed E-state index contributed by atoms with van der Waals surface area (Å²) in [5.41, 5.74) is 0.890. The molecule has 1 aromatic rings. The molecule has 1 aromatic carbocycles. The van der Waals surface area contributed by atoms with Crippen molar-refractivity contribution in [3.63, 3.8) is 0 Å². The summed E-state index contributed by atoms with van der Waals surface area (Å²) in [7, 11) is 3.10. The van der Waals surface area contributed by atoms with Crippen LogP contribution in [-0.2, 0) is 16.1 Å². The zero-order chi connectivity index (χ0) is 19.2. The molecule has 2 atom stereocenters. The van der Waals surface area contributed by atoms with Crippen LogP contribution in [0.2, 0.25) is 0 Å². The van der Waals surface area contributed by atoms with Crippen molar-refractivity contribution in [2.24, 2.45) is 5.92 Å². The van der Waals surface area contributed by atoms with Crippen LogP contribution in [0.15, 0.2) is 18.2 Å². The normalized spacial score (nSPS) is 24.1. The van der Waals surface area contributed by atoms with E-state index in [1.165, 1.54) is 33.0 Å². The number of rotatable bonds is 7. The maximum absolute atomic E-state index is 11.7. The Bertz CT molecular complexity index is 631. The van der Waals surface area contributed by atoms with Crippen LogP contribution in [0.1, 0.15) is 37.7 Å². The first kappa shape index (κ1) is 20.0. The largest absolute Gasteiger partial charge is 0.508 e. The molecule has 0 aliphatic carbocycles. The van der Waals surface area contributed by atoms with E-state index in [-0.39, 0.29) is 5.97 Å². The standard InChI is InChI=1S/C21H32N2O4/c1-26-18-6-7-20(24)17(13-18)15-22-12-9-19(23-10-3-4-11-23)16(14-22)5-8-21(25)27-2/h6-7,13,16,19,24H,3-5,8-12,14-15H2,1-2H3/t16-,19+/m0/s1. The van der Waals surface area contributed by atoms with Gasteiger partial charge in [0.05, 0.1) is 14.2 Å². The monoisotopic (exact) mass is 376 g/mol. The lowest BCUT2D eigenvalue weighted by Gasteiger charge is -2.43. The average molecular weight is 376 g/mol. The Morgan fingerprint density at radius 1 is 1.22 bits per heavy atom. The molecule has 0 saturated carbocycles. The van der Waals surface area contributed by atoms with Crippen LogP contribution in [0.25, 0.3) is 0 Å². The lowest BCUT2D eigenvalue weighted by molar-refractivity contribution is -0.141. The van der Waals surface area contributed by atoms with Gasteiger partial charge in [-0.05, 0) is 69.4 Å². The molecule has 150 valence electrons. The number of piperidine rings is 1. The Labute approximate surface area is 162 Å². The Hall–Kier alpha value is -1.79. The van der Waals surface area contributed by atoms with Crippen molar-refractivity contribution >= 4 is 5.97 Å². The lowest BCUT2D eigenvalue weighted by Crippen LogP contribution is -2.50. The quantitative estimate of drug-likeness (QED) is 0.738. The van der Waals surface area contributed by atoms with Crippen LogP contribution in [-0.4, -0.2) is 67.3 Å². The zero-order valence-electron chi connectivity index (χ0n) is 16.5. The van der Waals surface area contributed by atoms with Gasteiger partial charge in [0, 0.05) is 31.1 Å². The third kappa shape index (κ3) is 5.14. The van der Waals surface area contributed by atoms with E-state index >= 15 is 0 Å². The number of carbonyl (C=O) groups is 1. The zero-order valence-corrected chi connectivity index (χ0v) is 16.5. The number of phenols is 1. The van der Waals surface area contributed by atoms with Gasteiger partial charge in [-0.2, -0.15) is 0 Å². The van der Waals surface area contributed by atoms with Gasteiger partial charge in [0.15, 0.2) is 0 Å². The maximum Gasteiger partial charge on any atom is 0.305 e. The second-order valence-electron chi connectivity index (χ2n) is 7.70. The first-order valence-electron chi connectivity index (χ1n) is 10.00. The number of hydrogen-bond donors (Lipinski definition) is 1. The molecule has 27 heavy (non-hydrogen) atoms. The lowest BCUT2D eigenvalue weighted by atomic mass is 9.87. The number of likely N-dealkylation sites (tertiary alicyclic amines) is 2. The Kier molecular flexibility index (Phi) is 6.96. The molecule has 0 bridgehead atoms. The van der Waals surface area contributed by atoms with E-state index < -0.39 is 0 Å². The first-order chi connectivity index (χ1) is 13.1. The molecule has 3 rings (SSSR count). The predicted molar refractivity (Wildman–Crippen MR) is 104 cm³/mol. The molecule has 2 fully saturated rings. The van der Waals surface area contributed by atoms with Gasteiger partial charge in [-0.1, -0.05) is 0 Å². The highest BCUT2D eigenvalue weighted by Crippen LogP contribution is 2.31. The maximum atomic E-state index is 11.7. The Morgan fingerprint density at radius 3 is 2.70 bits per heavy atom. The summed E-state index contributed by atoms with van der Waals surface area (Å²) in [5.74, 6) is 1.39. The van der Waals surface area contributed by atoms with Crippen molar-refractivity contribution in [1.29, 1.82) is 0 Å². The fraction of sp³-hybridized carbons (Fsp3) is 0.667. The summed E-state index contributed by atoms with van der Waals surface area (Å²) >= 11 is 0. The molecule has 0 aromatic heterocycles. The van der Waals surface area contributed by atoms with Crippen LogP contribution < -0.4 is 4.74 Å². The average Bonchev–Trinajstić information content (AvgIpc) is 3.22. The third-order valence-corrected chi connectivity index (χ3v) is 6.02. The fourth-order valence-electron chi connectivity index (χ4n) is 4.54. The third-order valence-electron chi connectivity index (χ3n) is 6.02. The Morgan fingerprint density at radius 2 is 2.00 bits per heavy atom. The molecule has 0 amide bonds. The molecule has 2 saturated heterocycles. The SMILES string of the molecule is COC(=O)CC[C@H]1CN(Cc2cc(OC)ccc2O)CC[C@H]1N1CCCC1. The smallest absolute Gasteiger partial charge is 0.305 e. The van der Waals surface area contributed by atoms with Crippen LogP contribution in [0.4, 0.5) is 0 Å². The number of benzene rings is 1. The van der Waals surface area contributed by atoms with E-state index in [0.29, 0.717) is 30.7 Å². The number of hydrogen-bond acceptors (Lipinski definition) is 6. The summed E-state index contributed by atoms with van der Waals surface area (Å²) in [6.07, 6.45) is 5.00. The molecule has 0 unspecified atom stereocenters. The van der Waals surface area contributed by atoms with Gasteiger partial charge in [-0.15, -0.1) is 0 Å². The van der Waals surface area contributed by atoms with Crippen molar-refractivity contribution in [2.75, 3.05) is 40.4 Å². The predicted octanol–water partition coefficient (Wildman–Crippen LogP) is 2.64. The summed E-state index contributed by atoms with van der Waals surface area (Å²) in [5, 5.41) is 10.2. The molecule has 2 aliphatic heterocycles. The molecule has 2 aliphatic rings. The minimum Gasteiger partial charge on any atom is -0.508 e. The molecule has 2 heterocycles. The van der Waals surface area contributed by atoms with E-state index in [1.54, 1.807) is 19.2 Å². The van der Waals surface area contributed by atoms with E-state index in [2.05, 4.69) is 9.80 Å². The number of carbonyl (C=O) groups excluding carboxylic acids is 1. The topological polar surface area (TPSA) is 62.2 Å². The van der Waals surface area contributed by atoms with Gasteiger partial charge in [-0.25, -0.2) is 0 Å². The van der Waals surface area contributed by atoms with Gasteiger partial charge in [0.2, 0.25) is 0 Å². The van der Waals surface area contributed by atoms with E-state index in [0.717, 1.165) is 37.2 Å². The van der Waals surface area contributed by atoms with E-state index in [4.69, 9.17) is 9.47 Å².